The van der Waals surface area contributed by atoms with Crippen molar-refractivity contribution in [3.8, 4) is 5.75 Å². The third-order valence-electron chi connectivity index (χ3n) is 5.88. The molecule has 0 bridgehead atoms. The molecule has 1 aliphatic heterocycles. The van der Waals surface area contributed by atoms with Crippen molar-refractivity contribution in [3.63, 3.8) is 0 Å². The first kappa shape index (κ1) is 20.1. The van der Waals surface area contributed by atoms with Crippen molar-refractivity contribution in [2.45, 2.75) is 56.4 Å². The van der Waals surface area contributed by atoms with Crippen LogP contribution in [0, 0.1) is 11.8 Å². The molecule has 6 nitrogen and oxygen atoms in total. The quantitative estimate of drug-likeness (QED) is 0.833. The first-order valence-electron chi connectivity index (χ1n) is 9.84. The molecule has 0 radical (unpaired) electrons. The smallest absolute Gasteiger partial charge is 0.243 e. The number of rotatable bonds is 5. The minimum absolute atomic E-state index is 0.0910. The number of hydrogen-bond acceptors (Lipinski definition) is 4. The Kier molecular flexibility index (Phi) is 6.42. The molecule has 150 valence electrons. The second-order valence-electron chi connectivity index (χ2n) is 7.82. The van der Waals surface area contributed by atoms with Crippen LogP contribution < -0.4 is 10.1 Å². The normalized spacial score (nSPS) is 25.1. The topological polar surface area (TPSA) is 75.7 Å². The van der Waals surface area contributed by atoms with Gasteiger partial charge in [0.05, 0.1) is 12.0 Å². The second-order valence-corrected chi connectivity index (χ2v) is 9.76. The maximum Gasteiger partial charge on any atom is 0.243 e. The molecule has 1 heterocycles. The molecule has 1 N–H and O–H groups in total. The summed E-state index contributed by atoms with van der Waals surface area (Å²) in [4.78, 5) is 12.8. The highest BCUT2D eigenvalue weighted by atomic mass is 32.2. The molecular formula is C20H30N2O4S. The third-order valence-corrected chi connectivity index (χ3v) is 7.80. The molecule has 1 amide bonds. The molecular weight excluding hydrogens is 364 g/mol. The monoisotopic (exact) mass is 394 g/mol. The zero-order valence-corrected chi connectivity index (χ0v) is 17.0. The fourth-order valence-corrected chi connectivity index (χ4v) is 5.45. The van der Waals surface area contributed by atoms with Crippen molar-refractivity contribution in [1.29, 1.82) is 0 Å². The van der Waals surface area contributed by atoms with E-state index in [4.69, 9.17) is 4.74 Å². The van der Waals surface area contributed by atoms with Crippen molar-refractivity contribution in [1.82, 2.24) is 9.62 Å². The maximum absolute atomic E-state index is 12.8. The van der Waals surface area contributed by atoms with Crippen molar-refractivity contribution in [3.05, 3.63) is 24.3 Å². The van der Waals surface area contributed by atoms with Gasteiger partial charge in [-0.1, -0.05) is 6.92 Å². The highest BCUT2D eigenvalue weighted by Gasteiger charge is 2.33. The van der Waals surface area contributed by atoms with Crippen molar-refractivity contribution in [2.75, 3.05) is 20.2 Å². The Morgan fingerprint density at radius 3 is 2.19 bits per heavy atom. The summed E-state index contributed by atoms with van der Waals surface area (Å²) in [6.07, 6.45) is 5.59. The predicted molar refractivity (Wildman–Crippen MR) is 104 cm³/mol. The van der Waals surface area contributed by atoms with Gasteiger partial charge < -0.3 is 10.1 Å². The van der Waals surface area contributed by atoms with E-state index >= 15 is 0 Å². The van der Waals surface area contributed by atoms with E-state index in [9.17, 15) is 13.2 Å². The van der Waals surface area contributed by atoms with Gasteiger partial charge in [-0.15, -0.1) is 0 Å². The van der Waals surface area contributed by atoms with Crippen LogP contribution in [0.2, 0.25) is 0 Å². The minimum Gasteiger partial charge on any atom is -0.497 e. The Morgan fingerprint density at radius 2 is 1.63 bits per heavy atom. The van der Waals surface area contributed by atoms with E-state index in [1.165, 1.54) is 17.1 Å². The largest absolute Gasteiger partial charge is 0.497 e. The lowest BCUT2D eigenvalue weighted by Gasteiger charge is -2.33. The highest BCUT2D eigenvalue weighted by Crippen LogP contribution is 2.27. The van der Waals surface area contributed by atoms with Crippen molar-refractivity contribution < 1.29 is 17.9 Å². The average molecular weight is 395 g/mol. The summed E-state index contributed by atoms with van der Waals surface area (Å²) >= 11 is 0. The number of methoxy groups -OCH3 is 1. The number of sulfonamides is 1. The minimum atomic E-state index is -3.52. The first-order valence-corrected chi connectivity index (χ1v) is 11.3. The second kappa shape index (κ2) is 8.61. The summed E-state index contributed by atoms with van der Waals surface area (Å²) in [5, 5.41) is 3.19. The number of hydrogen-bond donors (Lipinski definition) is 1. The summed E-state index contributed by atoms with van der Waals surface area (Å²) in [6, 6.07) is 6.72. The average Bonchev–Trinajstić information content (AvgIpc) is 2.70. The molecule has 0 spiro atoms. The van der Waals surface area contributed by atoms with Crippen LogP contribution in [0.5, 0.6) is 5.75 Å². The first-order chi connectivity index (χ1) is 12.9. The summed E-state index contributed by atoms with van der Waals surface area (Å²) in [5.74, 6) is 1.38. The Morgan fingerprint density at radius 1 is 1.04 bits per heavy atom. The number of benzene rings is 1. The van der Waals surface area contributed by atoms with Gasteiger partial charge in [-0.25, -0.2) is 8.42 Å². The molecule has 2 aliphatic rings. The van der Waals surface area contributed by atoms with E-state index in [0.717, 1.165) is 18.8 Å². The van der Waals surface area contributed by atoms with Crippen LogP contribution >= 0.6 is 0 Å². The molecule has 1 aromatic carbocycles. The van der Waals surface area contributed by atoms with Crippen LogP contribution in [-0.2, 0) is 14.8 Å². The van der Waals surface area contributed by atoms with Crippen LogP contribution in [0.3, 0.4) is 0 Å². The molecule has 1 saturated heterocycles. The Hall–Kier alpha value is -1.60. The molecule has 0 aromatic heterocycles. The fraction of sp³-hybridized carbons (Fsp3) is 0.650. The lowest BCUT2D eigenvalue weighted by Crippen LogP contribution is -2.46. The van der Waals surface area contributed by atoms with E-state index in [1.54, 1.807) is 31.4 Å². The molecule has 0 unspecified atom stereocenters. The van der Waals surface area contributed by atoms with Gasteiger partial charge in [0.2, 0.25) is 15.9 Å². The fourth-order valence-electron chi connectivity index (χ4n) is 3.98. The van der Waals surface area contributed by atoms with Crippen LogP contribution in [0.25, 0.3) is 0 Å². The summed E-state index contributed by atoms with van der Waals surface area (Å²) in [6.45, 7) is 3.03. The summed E-state index contributed by atoms with van der Waals surface area (Å²) < 4.78 is 32.2. The van der Waals surface area contributed by atoms with Crippen LogP contribution in [0.4, 0.5) is 0 Å². The van der Waals surface area contributed by atoms with Gasteiger partial charge in [-0.2, -0.15) is 4.31 Å². The van der Waals surface area contributed by atoms with Crippen LogP contribution in [0.15, 0.2) is 29.2 Å². The van der Waals surface area contributed by atoms with Gasteiger partial charge in [-0.3, -0.25) is 4.79 Å². The number of nitrogens with zero attached hydrogens (tertiary/aromatic N) is 1. The molecule has 3 rings (SSSR count). The lowest BCUT2D eigenvalue weighted by molar-refractivity contribution is -0.127. The molecule has 7 heteroatoms. The van der Waals surface area contributed by atoms with E-state index in [1.807, 2.05) is 0 Å². The third kappa shape index (κ3) is 4.82. The van der Waals surface area contributed by atoms with Crippen molar-refractivity contribution in [2.24, 2.45) is 11.8 Å². The van der Waals surface area contributed by atoms with Gasteiger partial charge in [0.25, 0.3) is 0 Å². The molecule has 1 aromatic rings. The van der Waals surface area contributed by atoms with Gasteiger partial charge in [0, 0.05) is 25.0 Å². The van der Waals surface area contributed by atoms with Gasteiger partial charge in [0.1, 0.15) is 5.75 Å². The summed E-state index contributed by atoms with van der Waals surface area (Å²) in [7, 11) is -1.97. The Bertz CT molecular complexity index is 732. The molecule has 2 fully saturated rings. The van der Waals surface area contributed by atoms with E-state index in [2.05, 4.69) is 12.2 Å². The molecule has 0 atom stereocenters. The number of carbonyl (C=O) groups is 1. The number of ether oxygens (including phenoxy) is 1. The summed E-state index contributed by atoms with van der Waals surface area (Å²) in [5.41, 5.74) is 0. The number of piperidine rings is 1. The van der Waals surface area contributed by atoms with Gasteiger partial charge in [-0.05, 0) is 68.7 Å². The zero-order valence-electron chi connectivity index (χ0n) is 16.2. The highest BCUT2D eigenvalue weighted by molar-refractivity contribution is 7.89. The molecule has 1 saturated carbocycles. The molecule has 27 heavy (non-hydrogen) atoms. The van der Waals surface area contributed by atoms with Crippen molar-refractivity contribution >= 4 is 15.9 Å². The zero-order chi connectivity index (χ0) is 19.4. The lowest BCUT2D eigenvalue weighted by atomic mass is 9.87. The van der Waals surface area contributed by atoms with Gasteiger partial charge in [0.15, 0.2) is 0 Å². The van der Waals surface area contributed by atoms with Crippen LogP contribution in [-0.4, -0.2) is 44.9 Å². The van der Waals surface area contributed by atoms with Crippen LogP contribution in [0.1, 0.15) is 45.4 Å². The van der Waals surface area contributed by atoms with Gasteiger partial charge >= 0.3 is 0 Å². The Labute approximate surface area is 162 Å². The standard InChI is InChI=1S/C20H30N2O4S/c1-15-3-5-17(6-4-15)21-20(23)16-11-13-22(14-12-16)27(24,25)19-9-7-18(26-2)8-10-19/h7-10,15-17H,3-6,11-14H2,1-2H3,(H,21,23). The predicted octanol–water partition coefficient (Wildman–Crippen LogP) is 2.79. The van der Waals surface area contributed by atoms with E-state index < -0.39 is 10.0 Å². The number of nitrogens with one attached hydrogen (secondary N) is 1. The molecule has 1 aliphatic carbocycles. The SMILES string of the molecule is COc1ccc(S(=O)(=O)N2CCC(C(=O)NC3CCC(C)CC3)CC2)cc1. The number of carbonyl (C=O) groups excluding carboxylic acids is 1. The van der Waals surface area contributed by atoms with E-state index in [-0.39, 0.29) is 22.8 Å². The maximum atomic E-state index is 12.8. The Balaban J connectivity index is 1.53. The van der Waals surface area contributed by atoms with E-state index in [0.29, 0.717) is 31.7 Å². The number of amides is 1.